The molecule has 0 aliphatic carbocycles. The second-order valence-corrected chi connectivity index (χ2v) is 5.07. The summed E-state index contributed by atoms with van der Waals surface area (Å²) in [7, 11) is -2.77. The summed E-state index contributed by atoms with van der Waals surface area (Å²) < 4.78 is 38.1. The van der Waals surface area contributed by atoms with Crippen molar-refractivity contribution in [2.24, 2.45) is 0 Å². The van der Waals surface area contributed by atoms with E-state index in [4.69, 9.17) is 9.05 Å². The Bertz CT molecular complexity index is 273. The minimum Gasteiger partial charge on any atom is -0.302 e. The van der Waals surface area contributed by atoms with Gasteiger partial charge in [-0.15, -0.1) is 0 Å². The van der Waals surface area contributed by atoms with Crippen LogP contribution in [0.15, 0.2) is 0 Å². The van der Waals surface area contributed by atoms with Crippen molar-refractivity contribution in [3.05, 3.63) is 0 Å². The molecule has 0 bridgehead atoms. The van der Waals surface area contributed by atoms with E-state index in [1.807, 2.05) is 4.72 Å². The molecular formula is C6H14NO6PS. The molecule has 1 amide bonds. The molecule has 0 radical (unpaired) electrons. The smallest absolute Gasteiger partial charge is 0.302 e. The Balaban J connectivity index is 4.55. The third-order valence-electron chi connectivity index (χ3n) is 1.17. The third kappa shape index (κ3) is 4.85. The van der Waals surface area contributed by atoms with Crippen LogP contribution in [0.25, 0.3) is 0 Å². The Labute approximate surface area is 90.8 Å². The molecule has 15 heavy (non-hydrogen) atoms. The maximum Gasteiger partial charge on any atom is 0.419 e. The van der Waals surface area contributed by atoms with Gasteiger partial charge in [-0.2, -0.15) is 0 Å². The van der Waals surface area contributed by atoms with Crippen molar-refractivity contribution in [3.8, 4) is 0 Å². The van der Waals surface area contributed by atoms with Gasteiger partial charge in [0.1, 0.15) is 0 Å². The molecule has 1 N–H and O–H groups in total. The van der Waals surface area contributed by atoms with Crippen LogP contribution in [0.3, 0.4) is 0 Å². The molecule has 0 heterocycles. The highest BCUT2D eigenvalue weighted by molar-refractivity contribution is 7.82. The maximum atomic E-state index is 11.7. The molecule has 0 aliphatic heterocycles. The lowest BCUT2D eigenvalue weighted by Crippen LogP contribution is -2.26. The van der Waals surface area contributed by atoms with Gasteiger partial charge >= 0.3 is 13.2 Å². The fourth-order valence-electron chi connectivity index (χ4n) is 0.663. The molecule has 9 heteroatoms. The van der Waals surface area contributed by atoms with E-state index in [1.54, 1.807) is 13.8 Å². The highest BCUT2D eigenvalue weighted by Crippen LogP contribution is 2.48. The van der Waals surface area contributed by atoms with E-state index in [-0.39, 0.29) is 13.2 Å². The van der Waals surface area contributed by atoms with Crippen molar-refractivity contribution >= 4 is 24.5 Å². The minimum atomic E-state index is -3.90. The first-order valence-electron chi connectivity index (χ1n) is 4.16. The fraction of sp³-hybridized carbons (Fsp3) is 0.833. The van der Waals surface area contributed by atoms with Gasteiger partial charge in [-0.1, -0.05) is 0 Å². The predicted octanol–water partition coefficient (Wildman–Crippen LogP) is 1.19. The van der Waals surface area contributed by atoms with E-state index in [0.29, 0.717) is 0 Å². The standard InChI is InChI=1S/C6H14NO6PS/c1-4-12-14(9,13-5-2)6(8)7-15(10)11-3/h4-5H2,1-3H3,(H,7,8). The van der Waals surface area contributed by atoms with Crippen LogP contribution in [0, 0.1) is 0 Å². The van der Waals surface area contributed by atoms with Crippen LogP contribution >= 0.6 is 7.60 Å². The van der Waals surface area contributed by atoms with Gasteiger partial charge in [0.05, 0.1) is 20.3 Å². The Morgan fingerprint density at radius 3 is 2.13 bits per heavy atom. The van der Waals surface area contributed by atoms with E-state index < -0.39 is 24.5 Å². The van der Waals surface area contributed by atoms with E-state index in [1.165, 1.54) is 0 Å². The highest BCUT2D eigenvalue weighted by Gasteiger charge is 2.35. The molecule has 0 fully saturated rings. The van der Waals surface area contributed by atoms with Crippen molar-refractivity contribution in [3.63, 3.8) is 0 Å². The molecular weight excluding hydrogens is 245 g/mol. The van der Waals surface area contributed by atoms with Crippen LogP contribution in [0.5, 0.6) is 0 Å². The fourth-order valence-corrected chi connectivity index (χ4v) is 2.55. The SMILES string of the molecule is CCOP(=O)(OCC)C(=O)NS(=O)OC. The zero-order valence-corrected chi connectivity index (χ0v) is 10.4. The second-order valence-electron chi connectivity index (χ2n) is 2.14. The van der Waals surface area contributed by atoms with Crippen molar-refractivity contribution in [1.29, 1.82) is 0 Å². The summed E-state index contributed by atoms with van der Waals surface area (Å²) in [4.78, 5) is 11.3. The summed E-state index contributed by atoms with van der Waals surface area (Å²) in [6.07, 6.45) is 0. The molecule has 0 aliphatic rings. The molecule has 0 aromatic heterocycles. The minimum absolute atomic E-state index is 0.0459. The van der Waals surface area contributed by atoms with Gasteiger partial charge < -0.3 is 9.05 Å². The van der Waals surface area contributed by atoms with Crippen LogP contribution in [0.2, 0.25) is 0 Å². The normalized spacial score (nSPS) is 13.5. The molecule has 1 unspecified atom stereocenters. The number of nitrogens with one attached hydrogen (secondary N) is 1. The highest BCUT2D eigenvalue weighted by atomic mass is 32.2. The summed E-state index contributed by atoms with van der Waals surface area (Å²) in [5.41, 5.74) is -1.08. The van der Waals surface area contributed by atoms with Crippen LogP contribution in [-0.4, -0.2) is 30.2 Å². The van der Waals surface area contributed by atoms with Crippen LogP contribution < -0.4 is 4.72 Å². The van der Waals surface area contributed by atoms with E-state index in [2.05, 4.69) is 4.18 Å². The number of carbonyl (C=O) groups excluding carboxylic acids is 1. The summed E-state index contributed by atoms with van der Waals surface area (Å²) in [6.45, 7) is 3.22. The van der Waals surface area contributed by atoms with Crippen LogP contribution in [0.4, 0.5) is 4.79 Å². The maximum absolute atomic E-state index is 11.7. The van der Waals surface area contributed by atoms with E-state index in [0.717, 1.165) is 7.11 Å². The molecule has 0 aromatic rings. The Kier molecular flexibility index (Phi) is 6.95. The van der Waals surface area contributed by atoms with Gasteiger partial charge in [0, 0.05) is 0 Å². The molecule has 0 aromatic carbocycles. The number of hydrogen-bond acceptors (Lipinski definition) is 6. The van der Waals surface area contributed by atoms with Gasteiger partial charge in [0.15, 0.2) is 0 Å². The molecule has 0 saturated carbocycles. The summed E-state index contributed by atoms with van der Waals surface area (Å²) in [6, 6.07) is 0. The lowest BCUT2D eigenvalue weighted by Gasteiger charge is -2.14. The van der Waals surface area contributed by atoms with Crippen molar-refractivity contribution in [1.82, 2.24) is 4.72 Å². The van der Waals surface area contributed by atoms with Gasteiger partial charge in [0.2, 0.25) is 0 Å². The Morgan fingerprint density at radius 1 is 1.33 bits per heavy atom. The van der Waals surface area contributed by atoms with Crippen LogP contribution in [-0.2, 0) is 29.1 Å². The Hall–Kier alpha value is -0.270. The van der Waals surface area contributed by atoms with Crippen molar-refractivity contribution in [2.75, 3.05) is 20.3 Å². The summed E-state index contributed by atoms with van der Waals surface area (Å²) >= 11 is -2.04. The third-order valence-corrected chi connectivity index (χ3v) is 3.78. The lowest BCUT2D eigenvalue weighted by atomic mass is 10.9. The molecule has 0 saturated heterocycles. The summed E-state index contributed by atoms with van der Waals surface area (Å²) in [5.74, 6) is 0. The number of amides is 1. The number of rotatable bonds is 7. The monoisotopic (exact) mass is 259 g/mol. The zero-order valence-electron chi connectivity index (χ0n) is 8.72. The van der Waals surface area contributed by atoms with Gasteiger partial charge in [-0.3, -0.25) is 8.98 Å². The number of hydrogen-bond donors (Lipinski definition) is 1. The molecule has 90 valence electrons. The predicted molar refractivity (Wildman–Crippen MR) is 54.5 cm³/mol. The lowest BCUT2D eigenvalue weighted by molar-refractivity contribution is 0.209. The van der Waals surface area contributed by atoms with Crippen LogP contribution in [0.1, 0.15) is 13.8 Å². The van der Waals surface area contributed by atoms with Gasteiger partial charge in [-0.05, 0) is 13.8 Å². The Morgan fingerprint density at radius 2 is 1.80 bits per heavy atom. The second kappa shape index (κ2) is 7.08. The first kappa shape index (κ1) is 14.7. The molecule has 0 rings (SSSR count). The topological polar surface area (TPSA) is 90.9 Å². The van der Waals surface area contributed by atoms with Gasteiger partial charge in [-0.25, -0.2) is 13.5 Å². The van der Waals surface area contributed by atoms with Crippen molar-refractivity contribution < 1.29 is 26.8 Å². The quantitative estimate of drug-likeness (QED) is 0.690. The molecule has 1 atom stereocenters. The largest absolute Gasteiger partial charge is 0.419 e. The van der Waals surface area contributed by atoms with E-state index >= 15 is 0 Å². The first-order chi connectivity index (χ1) is 7.00. The summed E-state index contributed by atoms with van der Waals surface area (Å²) in [5, 5.41) is 0. The zero-order chi connectivity index (χ0) is 11.9. The molecule has 7 nitrogen and oxygen atoms in total. The average molecular weight is 259 g/mol. The average Bonchev–Trinajstić information content (AvgIpc) is 2.18. The number of carbonyl (C=O) groups is 1. The van der Waals surface area contributed by atoms with E-state index in [9.17, 15) is 13.6 Å². The molecule has 0 spiro atoms. The van der Waals surface area contributed by atoms with Crippen molar-refractivity contribution in [2.45, 2.75) is 13.8 Å². The van der Waals surface area contributed by atoms with Gasteiger partial charge in [0.25, 0.3) is 11.3 Å². The first-order valence-corrected chi connectivity index (χ1v) is 6.78.